The summed E-state index contributed by atoms with van der Waals surface area (Å²) >= 11 is 7.28. The minimum Gasteiger partial charge on any atom is -0.323 e. The van der Waals surface area contributed by atoms with E-state index in [0.29, 0.717) is 10.8 Å². The lowest BCUT2D eigenvalue weighted by Crippen LogP contribution is -2.23. The van der Waals surface area contributed by atoms with Crippen molar-refractivity contribution in [3.63, 3.8) is 0 Å². The summed E-state index contributed by atoms with van der Waals surface area (Å²) in [5, 5.41) is 2.47. The van der Waals surface area contributed by atoms with Crippen LogP contribution in [0, 0.1) is 11.6 Å². The van der Waals surface area contributed by atoms with Crippen molar-refractivity contribution in [3.05, 3.63) is 64.7 Å². The lowest BCUT2D eigenvalue weighted by atomic mass is 10.2. The van der Waals surface area contributed by atoms with Gasteiger partial charge in [-0.15, -0.1) is 11.8 Å². The van der Waals surface area contributed by atoms with Crippen LogP contribution in [0.15, 0.2) is 42.5 Å². The van der Waals surface area contributed by atoms with Crippen molar-refractivity contribution in [1.82, 2.24) is 0 Å². The molecule has 0 heterocycles. The monoisotopic (exact) mass is 341 g/mol. The Labute approximate surface area is 136 Å². The third kappa shape index (κ3) is 4.45. The molecule has 0 spiro atoms. The van der Waals surface area contributed by atoms with Gasteiger partial charge in [0.2, 0.25) is 5.91 Å². The van der Waals surface area contributed by atoms with Gasteiger partial charge < -0.3 is 5.32 Å². The van der Waals surface area contributed by atoms with E-state index in [-0.39, 0.29) is 11.6 Å². The predicted octanol–water partition coefficient (Wildman–Crippen LogP) is 4.88. The zero-order valence-electron chi connectivity index (χ0n) is 11.8. The van der Waals surface area contributed by atoms with Crippen LogP contribution in [0.25, 0.3) is 0 Å². The third-order valence-electron chi connectivity index (χ3n) is 3.00. The SMILES string of the molecule is CC(SCc1ccc(F)cc1Cl)C(=O)Nc1ccccc1F. The largest absolute Gasteiger partial charge is 0.323 e. The zero-order chi connectivity index (χ0) is 16.1. The lowest BCUT2D eigenvalue weighted by molar-refractivity contribution is -0.115. The van der Waals surface area contributed by atoms with Crippen LogP contribution < -0.4 is 5.32 Å². The maximum Gasteiger partial charge on any atom is 0.237 e. The molecule has 0 saturated heterocycles. The number of para-hydroxylation sites is 1. The first kappa shape index (κ1) is 16.8. The fourth-order valence-corrected chi connectivity index (χ4v) is 2.93. The summed E-state index contributed by atoms with van der Waals surface area (Å²) in [5.74, 6) is -0.711. The summed E-state index contributed by atoms with van der Waals surface area (Å²) in [4.78, 5) is 12.0. The molecule has 0 fully saturated rings. The average molecular weight is 342 g/mol. The van der Waals surface area contributed by atoms with Gasteiger partial charge in [-0.3, -0.25) is 4.79 Å². The molecule has 0 bridgehead atoms. The van der Waals surface area contributed by atoms with E-state index >= 15 is 0 Å². The van der Waals surface area contributed by atoms with Gasteiger partial charge in [-0.05, 0) is 36.8 Å². The van der Waals surface area contributed by atoms with Crippen LogP contribution in [-0.2, 0) is 10.5 Å². The van der Waals surface area contributed by atoms with Crippen LogP contribution in [0.2, 0.25) is 5.02 Å². The molecule has 1 unspecified atom stereocenters. The van der Waals surface area contributed by atoms with Crippen LogP contribution in [0.4, 0.5) is 14.5 Å². The zero-order valence-corrected chi connectivity index (χ0v) is 13.3. The molecular weight excluding hydrogens is 328 g/mol. The molecule has 0 aliphatic heterocycles. The number of benzene rings is 2. The Kier molecular flexibility index (Phi) is 5.80. The Morgan fingerprint density at radius 2 is 2.00 bits per heavy atom. The molecule has 0 aliphatic carbocycles. The maximum absolute atomic E-state index is 13.5. The van der Waals surface area contributed by atoms with E-state index < -0.39 is 16.9 Å². The summed E-state index contributed by atoms with van der Waals surface area (Å²) in [7, 11) is 0. The number of hydrogen-bond acceptors (Lipinski definition) is 2. The molecule has 0 saturated carbocycles. The van der Waals surface area contributed by atoms with Crippen molar-refractivity contribution < 1.29 is 13.6 Å². The van der Waals surface area contributed by atoms with Crippen LogP contribution in [0.1, 0.15) is 12.5 Å². The summed E-state index contributed by atoms with van der Waals surface area (Å²) in [6.45, 7) is 1.72. The number of amides is 1. The van der Waals surface area contributed by atoms with E-state index in [1.807, 2.05) is 0 Å². The van der Waals surface area contributed by atoms with Gasteiger partial charge in [-0.2, -0.15) is 0 Å². The van der Waals surface area contributed by atoms with Crippen LogP contribution in [-0.4, -0.2) is 11.2 Å². The molecule has 2 rings (SSSR count). The molecule has 0 aliphatic rings. The van der Waals surface area contributed by atoms with E-state index in [0.717, 1.165) is 5.56 Å². The van der Waals surface area contributed by atoms with Gasteiger partial charge in [0.25, 0.3) is 0 Å². The molecule has 1 N–H and O–H groups in total. The van der Waals surface area contributed by atoms with Crippen LogP contribution in [0.5, 0.6) is 0 Å². The summed E-state index contributed by atoms with van der Waals surface area (Å²) in [6, 6.07) is 10.1. The highest BCUT2D eigenvalue weighted by Gasteiger charge is 2.16. The Hall–Kier alpha value is -1.59. The van der Waals surface area contributed by atoms with Gasteiger partial charge in [-0.1, -0.05) is 29.8 Å². The molecule has 22 heavy (non-hydrogen) atoms. The molecule has 2 aromatic rings. The van der Waals surface area contributed by atoms with E-state index in [1.165, 1.54) is 36.0 Å². The number of nitrogens with one attached hydrogen (secondary N) is 1. The predicted molar refractivity (Wildman–Crippen MR) is 87.2 cm³/mol. The highest BCUT2D eigenvalue weighted by atomic mass is 35.5. The van der Waals surface area contributed by atoms with Crippen LogP contribution in [0.3, 0.4) is 0 Å². The normalized spacial score (nSPS) is 12.0. The first-order chi connectivity index (χ1) is 10.5. The molecule has 2 aromatic carbocycles. The van der Waals surface area contributed by atoms with Gasteiger partial charge in [0.05, 0.1) is 10.9 Å². The summed E-state index contributed by atoms with van der Waals surface area (Å²) < 4.78 is 26.4. The number of carbonyl (C=O) groups excluding carboxylic acids is 1. The van der Waals surface area contributed by atoms with E-state index in [2.05, 4.69) is 5.32 Å². The van der Waals surface area contributed by atoms with E-state index in [1.54, 1.807) is 25.1 Å². The standard InChI is InChI=1S/C16H14ClF2NOS/c1-10(16(21)20-15-5-3-2-4-14(15)19)22-9-11-6-7-12(18)8-13(11)17/h2-8,10H,9H2,1H3,(H,20,21). The lowest BCUT2D eigenvalue weighted by Gasteiger charge is -2.13. The summed E-state index contributed by atoms with van der Waals surface area (Å²) in [6.07, 6.45) is 0. The number of hydrogen-bond donors (Lipinski definition) is 1. The Morgan fingerprint density at radius 1 is 1.27 bits per heavy atom. The van der Waals surface area contributed by atoms with Crippen LogP contribution >= 0.6 is 23.4 Å². The minimum absolute atomic E-state index is 0.153. The van der Waals surface area contributed by atoms with Crippen molar-refractivity contribution in [2.75, 3.05) is 5.32 Å². The van der Waals surface area contributed by atoms with Gasteiger partial charge in [0.15, 0.2) is 0 Å². The number of rotatable bonds is 5. The Bertz CT molecular complexity index is 681. The molecule has 116 valence electrons. The first-order valence-corrected chi connectivity index (χ1v) is 8.01. The van der Waals surface area contributed by atoms with E-state index in [9.17, 15) is 13.6 Å². The molecule has 0 radical (unpaired) electrons. The molecule has 6 heteroatoms. The maximum atomic E-state index is 13.5. The van der Waals surface area contributed by atoms with Crippen molar-refractivity contribution >= 4 is 35.0 Å². The molecule has 1 atom stereocenters. The van der Waals surface area contributed by atoms with E-state index in [4.69, 9.17) is 11.6 Å². The highest BCUT2D eigenvalue weighted by Crippen LogP contribution is 2.25. The Morgan fingerprint density at radius 3 is 2.68 bits per heavy atom. The second-order valence-corrected chi connectivity index (χ2v) is 6.39. The van der Waals surface area contributed by atoms with Crippen molar-refractivity contribution in [3.8, 4) is 0 Å². The molecule has 2 nitrogen and oxygen atoms in total. The summed E-state index contributed by atoms with van der Waals surface area (Å²) in [5.41, 5.74) is 0.901. The number of anilines is 1. The number of thioether (sulfide) groups is 1. The molecule has 1 amide bonds. The molecular formula is C16H14ClF2NOS. The quantitative estimate of drug-likeness (QED) is 0.839. The number of carbonyl (C=O) groups is 1. The van der Waals surface area contributed by atoms with Crippen molar-refractivity contribution in [2.45, 2.75) is 17.9 Å². The van der Waals surface area contributed by atoms with Gasteiger partial charge >= 0.3 is 0 Å². The van der Waals surface area contributed by atoms with Gasteiger partial charge in [0.1, 0.15) is 11.6 Å². The molecule has 0 aromatic heterocycles. The fourth-order valence-electron chi connectivity index (χ4n) is 1.73. The highest BCUT2D eigenvalue weighted by molar-refractivity contribution is 7.99. The Balaban J connectivity index is 1.93. The topological polar surface area (TPSA) is 29.1 Å². The third-order valence-corrected chi connectivity index (χ3v) is 4.55. The van der Waals surface area contributed by atoms with Crippen molar-refractivity contribution in [1.29, 1.82) is 0 Å². The second-order valence-electron chi connectivity index (χ2n) is 4.66. The second kappa shape index (κ2) is 7.61. The van der Waals surface area contributed by atoms with Gasteiger partial charge in [0, 0.05) is 10.8 Å². The van der Waals surface area contributed by atoms with Gasteiger partial charge in [-0.25, -0.2) is 8.78 Å². The van der Waals surface area contributed by atoms with Crippen molar-refractivity contribution in [2.24, 2.45) is 0 Å². The fraction of sp³-hybridized carbons (Fsp3) is 0.188. The smallest absolute Gasteiger partial charge is 0.237 e. The minimum atomic E-state index is -0.477. The average Bonchev–Trinajstić information content (AvgIpc) is 2.48. The first-order valence-electron chi connectivity index (χ1n) is 6.58. The number of halogens is 3.